The van der Waals surface area contributed by atoms with E-state index in [0.29, 0.717) is 31.7 Å². The molecule has 0 saturated carbocycles. The number of aromatic nitrogens is 1. The summed E-state index contributed by atoms with van der Waals surface area (Å²) in [6.07, 6.45) is 2.09. The Balaban J connectivity index is 1.45. The van der Waals surface area contributed by atoms with E-state index >= 15 is 0 Å². The molecule has 1 aromatic heterocycles. The lowest BCUT2D eigenvalue weighted by Crippen LogP contribution is -2.48. The predicted octanol–water partition coefficient (Wildman–Crippen LogP) is 3.87. The summed E-state index contributed by atoms with van der Waals surface area (Å²) < 4.78 is 32.4. The molecule has 0 aliphatic carbocycles. The maximum Gasteiger partial charge on any atom is 0.220 e. The molecule has 2 aromatic carbocycles. The zero-order valence-electron chi connectivity index (χ0n) is 20.3. The van der Waals surface area contributed by atoms with Crippen LogP contribution in [0.1, 0.15) is 37.4 Å². The smallest absolute Gasteiger partial charge is 0.220 e. The highest BCUT2D eigenvalue weighted by atomic mass is 32.2. The summed E-state index contributed by atoms with van der Waals surface area (Å²) in [6, 6.07) is 16.3. The maximum atomic E-state index is 13.2. The Morgan fingerprint density at radius 2 is 1.91 bits per heavy atom. The number of hydrogen-bond donors (Lipinski definition) is 1. The minimum Gasteiger partial charge on any atom is -0.489 e. The first kappa shape index (κ1) is 25.1. The van der Waals surface area contributed by atoms with Crippen molar-refractivity contribution in [3.05, 3.63) is 65.9 Å². The molecule has 1 aliphatic heterocycles. The molecule has 8 heteroatoms. The number of nitrogens with zero attached hydrogens (tertiary/aromatic N) is 2. The number of carbonyl (C=O) groups excluding carboxylic acids is 1. The standard InChI is InChI=1S/C27H33N3O4S/c1-3-13-30-14-12-20(27(28)31)16-22(30)18-35(32,33)24-10-8-23(9-11-24)34-17-21-15-19(2)29-26-7-5-4-6-25(21)26/h4-11,15,20,22H,3,12-14,16-18H2,1-2H3,(H2,28,31). The average Bonchev–Trinajstić information content (AvgIpc) is 2.83. The first-order chi connectivity index (χ1) is 16.8. The van der Waals surface area contributed by atoms with E-state index in [1.54, 1.807) is 24.3 Å². The molecule has 2 N–H and O–H groups in total. The van der Waals surface area contributed by atoms with Crippen molar-refractivity contribution in [1.29, 1.82) is 0 Å². The normalized spacial score (nSPS) is 19.0. The van der Waals surface area contributed by atoms with Gasteiger partial charge in [0.05, 0.1) is 16.2 Å². The lowest BCUT2D eigenvalue weighted by molar-refractivity contribution is -0.123. The minimum absolute atomic E-state index is 0.0285. The molecule has 1 fully saturated rings. The van der Waals surface area contributed by atoms with Gasteiger partial charge in [-0.25, -0.2) is 8.42 Å². The Labute approximate surface area is 207 Å². The molecule has 0 radical (unpaired) electrons. The third kappa shape index (κ3) is 6.00. The van der Waals surface area contributed by atoms with Gasteiger partial charge in [0.25, 0.3) is 0 Å². The van der Waals surface area contributed by atoms with Gasteiger partial charge in [-0.15, -0.1) is 0 Å². The van der Waals surface area contributed by atoms with Crippen molar-refractivity contribution < 1.29 is 17.9 Å². The van der Waals surface area contributed by atoms with Crippen LogP contribution in [0, 0.1) is 12.8 Å². The number of rotatable bonds is 9. The third-order valence-electron chi connectivity index (χ3n) is 6.67. The van der Waals surface area contributed by atoms with E-state index in [-0.39, 0.29) is 28.5 Å². The molecular formula is C27H33N3O4S. The van der Waals surface area contributed by atoms with Gasteiger partial charge in [-0.3, -0.25) is 14.7 Å². The van der Waals surface area contributed by atoms with Gasteiger partial charge in [-0.2, -0.15) is 0 Å². The number of sulfone groups is 1. The number of likely N-dealkylation sites (tertiary alicyclic amines) is 1. The molecule has 35 heavy (non-hydrogen) atoms. The maximum absolute atomic E-state index is 13.2. The number of ether oxygens (including phenoxy) is 1. The van der Waals surface area contributed by atoms with Gasteiger partial charge in [0.15, 0.2) is 9.84 Å². The molecule has 4 rings (SSSR count). The lowest BCUT2D eigenvalue weighted by Gasteiger charge is -2.38. The van der Waals surface area contributed by atoms with Crippen LogP contribution in [0.5, 0.6) is 5.75 Å². The van der Waals surface area contributed by atoms with E-state index in [4.69, 9.17) is 10.5 Å². The number of amides is 1. The number of pyridine rings is 1. The number of primary amides is 1. The van der Waals surface area contributed by atoms with Crippen LogP contribution in [-0.2, 0) is 21.2 Å². The van der Waals surface area contributed by atoms with Crippen molar-refractivity contribution in [2.45, 2.75) is 50.7 Å². The summed E-state index contributed by atoms with van der Waals surface area (Å²) in [5.41, 5.74) is 8.40. The Hall–Kier alpha value is -2.97. The highest BCUT2D eigenvalue weighted by molar-refractivity contribution is 7.91. The van der Waals surface area contributed by atoms with Crippen LogP contribution in [0.3, 0.4) is 0 Å². The van der Waals surface area contributed by atoms with Gasteiger partial charge < -0.3 is 10.5 Å². The number of fused-ring (bicyclic) bond motifs is 1. The number of piperidine rings is 1. The average molecular weight is 496 g/mol. The van der Waals surface area contributed by atoms with Crippen LogP contribution in [0.15, 0.2) is 59.5 Å². The van der Waals surface area contributed by atoms with E-state index in [9.17, 15) is 13.2 Å². The second kappa shape index (κ2) is 10.7. The largest absolute Gasteiger partial charge is 0.489 e. The van der Waals surface area contributed by atoms with Crippen LogP contribution in [0.25, 0.3) is 10.9 Å². The summed E-state index contributed by atoms with van der Waals surface area (Å²) in [6.45, 7) is 5.88. The van der Waals surface area contributed by atoms with Crippen LogP contribution in [0.4, 0.5) is 0 Å². The van der Waals surface area contributed by atoms with Crippen LogP contribution < -0.4 is 10.5 Å². The number of hydrogen-bond acceptors (Lipinski definition) is 6. The van der Waals surface area contributed by atoms with Gasteiger partial charge in [-0.05, 0) is 75.7 Å². The van der Waals surface area contributed by atoms with Crippen LogP contribution in [0.2, 0.25) is 0 Å². The Kier molecular flexibility index (Phi) is 7.72. The number of carbonyl (C=O) groups is 1. The zero-order chi connectivity index (χ0) is 25.0. The van der Waals surface area contributed by atoms with Crippen molar-refractivity contribution in [2.24, 2.45) is 11.7 Å². The summed E-state index contributed by atoms with van der Waals surface area (Å²) in [4.78, 5) is 18.7. The fraction of sp³-hybridized carbons (Fsp3) is 0.407. The van der Waals surface area contributed by atoms with Crippen molar-refractivity contribution in [3.8, 4) is 5.75 Å². The number of para-hydroxylation sites is 1. The molecule has 1 aliphatic rings. The van der Waals surface area contributed by atoms with E-state index in [0.717, 1.165) is 35.1 Å². The first-order valence-electron chi connectivity index (χ1n) is 12.1. The summed E-state index contributed by atoms with van der Waals surface area (Å²) >= 11 is 0. The SMILES string of the molecule is CCCN1CCC(C(N)=O)CC1CS(=O)(=O)c1ccc(OCc2cc(C)nc3ccccc23)cc1. The molecule has 0 spiro atoms. The molecule has 1 amide bonds. The van der Waals surface area contributed by atoms with Gasteiger partial charge >= 0.3 is 0 Å². The lowest BCUT2D eigenvalue weighted by atomic mass is 9.91. The highest BCUT2D eigenvalue weighted by Crippen LogP contribution is 2.27. The number of nitrogens with two attached hydrogens (primary N) is 1. The molecule has 2 unspecified atom stereocenters. The Bertz CT molecular complexity index is 1290. The van der Waals surface area contributed by atoms with E-state index in [1.807, 2.05) is 37.3 Å². The minimum atomic E-state index is -3.54. The molecule has 3 aromatic rings. The molecule has 0 bridgehead atoms. The van der Waals surface area contributed by atoms with Crippen LogP contribution in [-0.4, -0.2) is 49.1 Å². The van der Waals surface area contributed by atoms with Crippen molar-refractivity contribution >= 4 is 26.6 Å². The fourth-order valence-electron chi connectivity index (χ4n) is 4.88. The number of benzene rings is 2. The zero-order valence-corrected chi connectivity index (χ0v) is 21.1. The Morgan fingerprint density at radius 1 is 1.17 bits per heavy atom. The third-order valence-corrected chi connectivity index (χ3v) is 8.48. The molecule has 1 saturated heterocycles. The fourth-order valence-corrected chi connectivity index (χ4v) is 6.48. The predicted molar refractivity (Wildman–Crippen MR) is 137 cm³/mol. The van der Waals surface area contributed by atoms with Crippen LogP contribution >= 0.6 is 0 Å². The molecule has 186 valence electrons. The van der Waals surface area contributed by atoms with Gasteiger partial charge in [0.1, 0.15) is 12.4 Å². The van der Waals surface area contributed by atoms with E-state index in [1.165, 1.54) is 0 Å². The van der Waals surface area contributed by atoms with Crippen molar-refractivity contribution in [2.75, 3.05) is 18.8 Å². The Morgan fingerprint density at radius 3 is 2.63 bits per heavy atom. The highest BCUT2D eigenvalue weighted by Gasteiger charge is 2.34. The van der Waals surface area contributed by atoms with Crippen molar-refractivity contribution in [1.82, 2.24) is 9.88 Å². The second-order valence-electron chi connectivity index (χ2n) is 9.29. The summed E-state index contributed by atoms with van der Waals surface area (Å²) in [7, 11) is -3.54. The summed E-state index contributed by atoms with van der Waals surface area (Å²) in [5, 5.41) is 1.04. The number of aryl methyl sites for hydroxylation is 1. The molecule has 2 heterocycles. The van der Waals surface area contributed by atoms with Gasteiger partial charge in [0.2, 0.25) is 5.91 Å². The molecule has 2 atom stereocenters. The monoisotopic (exact) mass is 495 g/mol. The quantitative estimate of drug-likeness (QED) is 0.483. The van der Waals surface area contributed by atoms with Crippen molar-refractivity contribution in [3.63, 3.8) is 0 Å². The first-order valence-corrected chi connectivity index (χ1v) is 13.8. The molecule has 7 nitrogen and oxygen atoms in total. The van der Waals surface area contributed by atoms with Gasteiger partial charge in [-0.1, -0.05) is 25.1 Å². The summed E-state index contributed by atoms with van der Waals surface area (Å²) in [5.74, 6) is -0.0463. The second-order valence-corrected chi connectivity index (χ2v) is 11.3. The van der Waals surface area contributed by atoms with Gasteiger partial charge in [0, 0.05) is 28.6 Å². The van der Waals surface area contributed by atoms with E-state index in [2.05, 4.69) is 16.8 Å². The topological polar surface area (TPSA) is 103 Å². The van der Waals surface area contributed by atoms with E-state index < -0.39 is 9.84 Å². The molecular weight excluding hydrogens is 462 g/mol.